The molecule has 0 atom stereocenters. The summed E-state index contributed by atoms with van der Waals surface area (Å²) in [7, 11) is -2.06. The molecule has 0 aliphatic carbocycles. The van der Waals surface area contributed by atoms with Crippen LogP contribution >= 0.6 is 0 Å². The molecule has 1 aliphatic rings. The van der Waals surface area contributed by atoms with E-state index in [9.17, 15) is 13.2 Å². The molecular formula is C16H24N2O6S. The summed E-state index contributed by atoms with van der Waals surface area (Å²) in [4.78, 5) is 13.9. The second-order valence-electron chi connectivity index (χ2n) is 5.71. The number of rotatable bonds is 8. The zero-order valence-corrected chi connectivity index (χ0v) is 15.3. The van der Waals surface area contributed by atoms with Crippen molar-refractivity contribution in [3.8, 4) is 5.75 Å². The number of hydrogen-bond acceptors (Lipinski definition) is 7. The first kappa shape index (κ1) is 19.6. The summed E-state index contributed by atoms with van der Waals surface area (Å²) < 4.78 is 40.9. The highest BCUT2D eigenvalue weighted by Gasteiger charge is 2.14. The Kier molecular flexibility index (Phi) is 7.18. The number of ether oxygens (including phenoxy) is 3. The molecule has 140 valence electrons. The van der Waals surface area contributed by atoms with E-state index in [1.54, 1.807) is 18.2 Å². The van der Waals surface area contributed by atoms with Gasteiger partial charge in [0.25, 0.3) is 0 Å². The molecule has 1 saturated heterocycles. The second-order valence-corrected chi connectivity index (χ2v) is 7.54. The first-order valence-corrected chi connectivity index (χ1v) is 9.87. The maximum atomic E-state index is 11.7. The summed E-state index contributed by atoms with van der Waals surface area (Å²) >= 11 is 0. The third-order valence-corrected chi connectivity index (χ3v) is 4.44. The monoisotopic (exact) mass is 372 g/mol. The Hall–Kier alpha value is -1.68. The molecule has 0 radical (unpaired) electrons. The van der Waals surface area contributed by atoms with Gasteiger partial charge in [-0.05, 0) is 18.2 Å². The van der Waals surface area contributed by atoms with Crippen molar-refractivity contribution in [2.24, 2.45) is 0 Å². The van der Waals surface area contributed by atoms with Crippen LogP contribution in [0.25, 0.3) is 0 Å². The van der Waals surface area contributed by atoms with E-state index in [4.69, 9.17) is 14.2 Å². The number of nitrogens with zero attached hydrogens (tertiary/aromatic N) is 1. The van der Waals surface area contributed by atoms with E-state index in [0.29, 0.717) is 23.5 Å². The van der Waals surface area contributed by atoms with Gasteiger partial charge in [-0.25, -0.2) is 17.9 Å². The molecule has 9 heteroatoms. The quantitative estimate of drug-likeness (QED) is 0.653. The first-order chi connectivity index (χ1) is 11.9. The fourth-order valence-electron chi connectivity index (χ4n) is 2.42. The number of morpholine rings is 1. The number of methoxy groups -OCH3 is 1. The number of benzene rings is 1. The SMILES string of the molecule is COC(=O)c1ccc(OCCN2CCOCC2)c(CNS(C)(=O)=O)c1. The van der Waals surface area contributed by atoms with Crippen molar-refractivity contribution in [3.05, 3.63) is 29.3 Å². The van der Waals surface area contributed by atoms with Gasteiger partial charge in [0, 0.05) is 31.7 Å². The summed E-state index contributed by atoms with van der Waals surface area (Å²) in [6, 6.07) is 4.83. The molecule has 8 nitrogen and oxygen atoms in total. The fraction of sp³-hybridized carbons (Fsp3) is 0.562. The molecule has 0 aromatic heterocycles. The van der Waals surface area contributed by atoms with Gasteiger partial charge in [0.2, 0.25) is 10.0 Å². The zero-order valence-electron chi connectivity index (χ0n) is 14.5. The first-order valence-electron chi connectivity index (χ1n) is 7.98. The van der Waals surface area contributed by atoms with Gasteiger partial charge in [0.1, 0.15) is 12.4 Å². The van der Waals surface area contributed by atoms with Gasteiger partial charge in [-0.2, -0.15) is 0 Å². The van der Waals surface area contributed by atoms with E-state index in [1.807, 2.05) is 0 Å². The lowest BCUT2D eigenvalue weighted by atomic mass is 10.1. The summed E-state index contributed by atoms with van der Waals surface area (Å²) in [6.45, 7) is 4.43. The fourth-order valence-corrected chi connectivity index (χ4v) is 2.84. The van der Waals surface area contributed by atoms with Gasteiger partial charge in [0.15, 0.2) is 0 Å². The molecule has 1 aromatic carbocycles. The van der Waals surface area contributed by atoms with Crippen LogP contribution < -0.4 is 9.46 Å². The topological polar surface area (TPSA) is 94.2 Å². The van der Waals surface area contributed by atoms with Gasteiger partial charge in [0.05, 0.1) is 32.1 Å². The standard InChI is InChI=1S/C16H24N2O6S/c1-22-16(19)13-3-4-15(14(11-13)12-17-25(2,20)21)24-10-7-18-5-8-23-9-6-18/h3-4,11,17H,5-10,12H2,1-2H3. The highest BCUT2D eigenvalue weighted by atomic mass is 32.2. The minimum Gasteiger partial charge on any atom is -0.492 e. The summed E-state index contributed by atoms with van der Waals surface area (Å²) in [5.74, 6) is 0.0533. The Morgan fingerprint density at radius 2 is 2.04 bits per heavy atom. The van der Waals surface area contributed by atoms with Crippen LogP contribution in [0.3, 0.4) is 0 Å². The van der Waals surface area contributed by atoms with E-state index >= 15 is 0 Å². The van der Waals surface area contributed by atoms with Crippen molar-refractivity contribution in [2.45, 2.75) is 6.54 Å². The molecule has 2 rings (SSSR count). The Balaban J connectivity index is 2.04. The number of esters is 1. The average molecular weight is 372 g/mol. The predicted octanol–water partition coefficient (Wildman–Crippen LogP) is 0.233. The van der Waals surface area contributed by atoms with E-state index in [0.717, 1.165) is 39.1 Å². The number of carbonyl (C=O) groups is 1. The number of sulfonamides is 1. The molecule has 0 unspecified atom stereocenters. The molecule has 25 heavy (non-hydrogen) atoms. The minimum atomic E-state index is -3.36. The van der Waals surface area contributed by atoms with Crippen LogP contribution in [-0.4, -0.2) is 72.1 Å². The molecule has 0 spiro atoms. The normalized spacial score (nSPS) is 15.8. The number of hydrogen-bond donors (Lipinski definition) is 1. The lowest BCUT2D eigenvalue weighted by Gasteiger charge is -2.26. The molecule has 1 N–H and O–H groups in total. The molecule has 1 fully saturated rings. The lowest BCUT2D eigenvalue weighted by Crippen LogP contribution is -2.38. The van der Waals surface area contributed by atoms with Crippen molar-refractivity contribution < 1.29 is 27.4 Å². The molecule has 1 aromatic rings. The van der Waals surface area contributed by atoms with Crippen LogP contribution in [0.5, 0.6) is 5.75 Å². The van der Waals surface area contributed by atoms with E-state index in [1.165, 1.54) is 7.11 Å². The van der Waals surface area contributed by atoms with E-state index in [2.05, 4.69) is 9.62 Å². The smallest absolute Gasteiger partial charge is 0.337 e. The van der Waals surface area contributed by atoms with Gasteiger partial charge >= 0.3 is 5.97 Å². The minimum absolute atomic E-state index is 0.0382. The van der Waals surface area contributed by atoms with Crippen molar-refractivity contribution in [1.82, 2.24) is 9.62 Å². The van der Waals surface area contributed by atoms with Crippen LogP contribution in [0.4, 0.5) is 0 Å². The second kappa shape index (κ2) is 9.14. The zero-order chi connectivity index (χ0) is 18.3. The van der Waals surface area contributed by atoms with Gasteiger partial charge in [-0.1, -0.05) is 0 Å². The van der Waals surface area contributed by atoms with E-state index < -0.39 is 16.0 Å². The maximum Gasteiger partial charge on any atom is 0.337 e. The molecular weight excluding hydrogens is 348 g/mol. The van der Waals surface area contributed by atoms with Crippen LogP contribution in [0.1, 0.15) is 15.9 Å². The van der Waals surface area contributed by atoms with Crippen LogP contribution in [0.15, 0.2) is 18.2 Å². The van der Waals surface area contributed by atoms with Crippen molar-refractivity contribution >= 4 is 16.0 Å². The van der Waals surface area contributed by atoms with Crippen molar-refractivity contribution in [2.75, 3.05) is 52.8 Å². The van der Waals surface area contributed by atoms with Crippen molar-refractivity contribution in [1.29, 1.82) is 0 Å². The van der Waals surface area contributed by atoms with E-state index in [-0.39, 0.29) is 6.54 Å². The van der Waals surface area contributed by atoms with Gasteiger partial charge in [-0.15, -0.1) is 0 Å². The maximum absolute atomic E-state index is 11.7. The molecule has 0 bridgehead atoms. The van der Waals surface area contributed by atoms with Gasteiger partial charge in [-0.3, -0.25) is 4.90 Å². The number of nitrogens with one attached hydrogen (secondary N) is 1. The average Bonchev–Trinajstić information content (AvgIpc) is 2.60. The lowest BCUT2D eigenvalue weighted by molar-refractivity contribution is 0.0322. The molecule has 0 saturated carbocycles. The van der Waals surface area contributed by atoms with Crippen LogP contribution in [0.2, 0.25) is 0 Å². The highest BCUT2D eigenvalue weighted by molar-refractivity contribution is 7.88. The molecule has 1 heterocycles. The summed E-state index contributed by atoms with van der Waals surface area (Å²) in [5.41, 5.74) is 0.920. The van der Waals surface area contributed by atoms with Crippen LogP contribution in [0, 0.1) is 0 Å². The Labute approximate surface area is 148 Å². The van der Waals surface area contributed by atoms with Gasteiger partial charge < -0.3 is 14.2 Å². The Morgan fingerprint density at radius 1 is 1.32 bits per heavy atom. The molecule has 1 aliphatic heterocycles. The third-order valence-electron chi connectivity index (χ3n) is 3.78. The van der Waals surface area contributed by atoms with Crippen LogP contribution in [-0.2, 0) is 26.0 Å². The predicted molar refractivity (Wildman–Crippen MR) is 92.2 cm³/mol. The summed E-state index contributed by atoms with van der Waals surface area (Å²) in [5, 5.41) is 0. The van der Waals surface area contributed by atoms with Crippen molar-refractivity contribution in [3.63, 3.8) is 0 Å². The Bertz CT molecular complexity index is 686. The highest BCUT2D eigenvalue weighted by Crippen LogP contribution is 2.21. The summed E-state index contributed by atoms with van der Waals surface area (Å²) in [6.07, 6.45) is 1.08. The number of carbonyl (C=O) groups excluding carboxylic acids is 1. The Morgan fingerprint density at radius 3 is 2.68 bits per heavy atom. The third kappa shape index (κ3) is 6.62. The largest absolute Gasteiger partial charge is 0.492 e. The molecule has 0 amide bonds.